The number of halogens is 4. The Morgan fingerprint density at radius 2 is 1.20 bits per heavy atom. The molecule has 0 N–H and O–H groups in total. The van der Waals surface area contributed by atoms with Crippen LogP contribution in [0.25, 0.3) is 0 Å². The maximum Gasteiger partial charge on any atom is 0.0511 e. The van der Waals surface area contributed by atoms with E-state index in [1.165, 1.54) is 0 Å². The van der Waals surface area contributed by atoms with Gasteiger partial charge in [0, 0.05) is 9.65 Å². The van der Waals surface area contributed by atoms with Gasteiger partial charge in [0.1, 0.15) is 0 Å². The lowest BCUT2D eigenvalue weighted by atomic mass is 9.99. The minimum absolute atomic E-state index is 0.125. The molecule has 1 rings (SSSR count). The molecule has 1 saturated carbocycles. The Hall–Kier alpha value is 1.54. The van der Waals surface area contributed by atoms with E-state index >= 15 is 0 Å². The molecule has 4 atom stereocenters. The van der Waals surface area contributed by atoms with Gasteiger partial charge in [-0.25, -0.2) is 0 Å². The molecular formula is C6H8Br2Cl2. The highest BCUT2D eigenvalue weighted by atomic mass is 79.9. The molecule has 1 aliphatic rings. The zero-order valence-electron chi connectivity index (χ0n) is 5.24. The molecule has 1 fully saturated rings. The predicted molar refractivity (Wildman–Crippen MR) is 53.9 cm³/mol. The second-order valence-electron chi connectivity index (χ2n) is 2.54. The van der Waals surface area contributed by atoms with Crippen molar-refractivity contribution in [3.63, 3.8) is 0 Å². The molecule has 0 amide bonds. The summed E-state index contributed by atoms with van der Waals surface area (Å²) in [4.78, 5) is 0.954. The van der Waals surface area contributed by atoms with Crippen molar-refractivity contribution in [2.45, 2.75) is 33.3 Å². The minimum Gasteiger partial charge on any atom is -0.121 e. The molecule has 1 aliphatic carbocycles. The molecule has 0 spiro atoms. The largest absolute Gasteiger partial charge is 0.121 e. The number of rotatable bonds is 0. The average molecular weight is 311 g/mol. The van der Waals surface area contributed by atoms with Gasteiger partial charge in [0.15, 0.2) is 0 Å². The second kappa shape index (κ2) is 3.97. The third kappa shape index (κ3) is 2.26. The van der Waals surface area contributed by atoms with E-state index in [2.05, 4.69) is 31.9 Å². The van der Waals surface area contributed by atoms with Crippen molar-refractivity contribution in [2.24, 2.45) is 0 Å². The normalized spacial score (nSPS) is 49.2. The maximum absolute atomic E-state index is 5.94. The van der Waals surface area contributed by atoms with Crippen molar-refractivity contribution in [1.29, 1.82) is 0 Å². The van der Waals surface area contributed by atoms with Crippen LogP contribution in [0.15, 0.2) is 0 Å². The van der Waals surface area contributed by atoms with Gasteiger partial charge < -0.3 is 0 Å². The third-order valence-corrected chi connectivity index (χ3v) is 5.51. The van der Waals surface area contributed by atoms with Crippen molar-refractivity contribution in [2.75, 3.05) is 0 Å². The van der Waals surface area contributed by atoms with E-state index in [0.717, 1.165) is 12.8 Å². The van der Waals surface area contributed by atoms with Gasteiger partial charge in [-0.2, -0.15) is 0 Å². The van der Waals surface area contributed by atoms with E-state index in [9.17, 15) is 0 Å². The molecule has 0 aromatic carbocycles. The first kappa shape index (κ1) is 9.63. The van der Waals surface area contributed by atoms with Crippen molar-refractivity contribution >= 4 is 55.1 Å². The smallest absolute Gasteiger partial charge is 0.0511 e. The molecule has 4 unspecified atom stereocenters. The molecule has 0 saturated heterocycles. The minimum atomic E-state index is 0.125. The van der Waals surface area contributed by atoms with E-state index < -0.39 is 0 Å². The Balaban J connectivity index is 2.46. The summed E-state index contributed by atoms with van der Waals surface area (Å²) in [5.41, 5.74) is 0. The van der Waals surface area contributed by atoms with Gasteiger partial charge in [-0.15, -0.1) is 23.2 Å². The molecule has 0 heterocycles. The molecule has 10 heavy (non-hydrogen) atoms. The molecular weight excluding hydrogens is 303 g/mol. The van der Waals surface area contributed by atoms with Crippen LogP contribution in [-0.2, 0) is 0 Å². The Labute approximate surface area is 87.9 Å². The first-order valence-corrected chi connectivity index (χ1v) is 5.88. The molecule has 0 nitrogen and oxygen atoms in total. The lowest BCUT2D eigenvalue weighted by Crippen LogP contribution is -2.33. The molecule has 60 valence electrons. The fourth-order valence-corrected chi connectivity index (χ4v) is 3.28. The van der Waals surface area contributed by atoms with Gasteiger partial charge in [-0.3, -0.25) is 0 Å². The molecule has 0 radical (unpaired) electrons. The maximum atomic E-state index is 5.94. The van der Waals surface area contributed by atoms with Crippen molar-refractivity contribution < 1.29 is 0 Å². The summed E-state index contributed by atoms with van der Waals surface area (Å²) in [6.07, 6.45) is 1.90. The van der Waals surface area contributed by atoms with Gasteiger partial charge in [0.25, 0.3) is 0 Å². The Kier molecular flexibility index (Phi) is 3.82. The Morgan fingerprint density at radius 1 is 0.900 bits per heavy atom. The van der Waals surface area contributed by atoms with E-state index in [1.54, 1.807) is 0 Å². The molecule has 0 aromatic rings. The fourth-order valence-electron chi connectivity index (χ4n) is 1.02. The van der Waals surface area contributed by atoms with Crippen molar-refractivity contribution in [3.05, 3.63) is 0 Å². The molecule has 4 heteroatoms. The predicted octanol–water partition coefficient (Wildman–Crippen LogP) is 3.52. The monoisotopic (exact) mass is 308 g/mol. The SMILES string of the molecule is ClC1CC(Br)C(Br)CC1Cl. The molecule has 0 bridgehead atoms. The van der Waals surface area contributed by atoms with Crippen LogP contribution in [0.5, 0.6) is 0 Å². The van der Waals surface area contributed by atoms with Crippen LogP contribution in [0, 0.1) is 0 Å². The average Bonchev–Trinajstić information content (AvgIpc) is 1.84. The van der Waals surface area contributed by atoms with Crippen molar-refractivity contribution in [1.82, 2.24) is 0 Å². The van der Waals surface area contributed by atoms with Gasteiger partial charge in [-0.05, 0) is 12.8 Å². The van der Waals surface area contributed by atoms with Crippen LogP contribution in [-0.4, -0.2) is 20.4 Å². The highest BCUT2D eigenvalue weighted by molar-refractivity contribution is 9.12. The van der Waals surface area contributed by atoms with Crippen LogP contribution in [0.3, 0.4) is 0 Å². The van der Waals surface area contributed by atoms with Gasteiger partial charge >= 0.3 is 0 Å². The van der Waals surface area contributed by atoms with E-state index in [-0.39, 0.29) is 10.8 Å². The summed E-state index contributed by atoms with van der Waals surface area (Å²) in [6.45, 7) is 0. The zero-order valence-corrected chi connectivity index (χ0v) is 9.92. The summed E-state index contributed by atoms with van der Waals surface area (Å²) < 4.78 is 0. The topological polar surface area (TPSA) is 0 Å². The van der Waals surface area contributed by atoms with Gasteiger partial charge in [-0.1, -0.05) is 31.9 Å². The first-order valence-electron chi connectivity index (χ1n) is 3.17. The van der Waals surface area contributed by atoms with Crippen LogP contribution >= 0.6 is 55.1 Å². The van der Waals surface area contributed by atoms with E-state index in [1.807, 2.05) is 0 Å². The summed E-state index contributed by atoms with van der Waals surface area (Å²) >= 11 is 19.0. The third-order valence-electron chi connectivity index (χ3n) is 1.69. The highest BCUT2D eigenvalue weighted by Gasteiger charge is 2.32. The Bertz CT molecular complexity index is 94.3. The van der Waals surface area contributed by atoms with Crippen LogP contribution < -0.4 is 0 Å². The quantitative estimate of drug-likeness (QED) is 0.601. The fraction of sp³-hybridized carbons (Fsp3) is 1.00. The summed E-state index contributed by atoms with van der Waals surface area (Å²) in [7, 11) is 0. The van der Waals surface area contributed by atoms with Crippen LogP contribution in [0.1, 0.15) is 12.8 Å². The number of alkyl halides is 4. The van der Waals surface area contributed by atoms with Gasteiger partial charge in [0.05, 0.1) is 10.8 Å². The zero-order chi connectivity index (χ0) is 7.72. The van der Waals surface area contributed by atoms with E-state index in [0.29, 0.717) is 9.65 Å². The summed E-state index contributed by atoms with van der Waals surface area (Å²) in [5, 5.41) is 0.250. The molecule has 0 aromatic heterocycles. The number of hydrogen-bond donors (Lipinski definition) is 0. The lowest BCUT2D eigenvalue weighted by molar-refractivity contribution is 0.552. The summed E-state index contributed by atoms with van der Waals surface area (Å²) in [5.74, 6) is 0. The second-order valence-corrected chi connectivity index (χ2v) is 6.01. The lowest BCUT2D eigenvalue weighted by Gasteiger charge is -2.29. The van der Waals surface area contributed by atoms with Crippen LogP contribution in [0.4, 0.5) is 0 Å². The number of hydrogen-bond acceptors (Lipinski definition) is 0. The van der Waals surface area contributed by atoms with Gasteiger partial charge in [0.2, 0.25) is 0 Å². The van der Waals surface area contributed by atoms with Crippen molar-refractivity contribution in [3.8, 4) is 0 Å². The van der Waals surface area contributed by atoms with E-state index in [4.69, 9.17) is 23.2 Å². The summed E-state index contributed by atoms with van der Waals surface area (Å²) in [6, 6.07) is 0. The first-order chi connectivity index (χ1) is 4.61. The Morgan fingerprint density at radius 3 is 1.50 bits per heavy atom. The standard InChI is InChI=1S/C6H8Br2Cl2/c7-3-1-5(9)6(10)2-4(3)8/h3-6H,1-2H2. The highest BCUT2D eigenvalue weighted by Crippen LogP contribution is 2.35. The molecule has 0 aliphatic heterocycles. The van der Waals surface area contributed by atoms with Crippen LogP contribution in [0.2, 0.25) is 0 Å².